The molecule has 6 heteroatoms. The van der Waals surface area contributed by atoms with Crippen LogP contribution in [0.5, 0.6) is 0 Å². The van der Waals surface area contributed by atoms with Crippen LogP contribution in [0.15, 0.2) is 72.8 Å². The second-order valence-electron chi connectivity index (χ2n) is 6.49. The van der Waals surface area contributed by atoms with Gasteiger partial charge in [-0.15, -0.1) is 0 Å². The van der Waals surface area contributed by atoms with E-state index in [1.807, 2.05) is 43.3 Å². The van der Waals surface area contributed by atoms with E-state index in [2.05, 4.69) is 0 Å². The van der Waals surface area contributed by atoms with Crippen LogP contribution in [0.25, 0.3) is 0 Å². The lowest BCUT2D eigenvalue weighted by Crippen LogP contribution is -2.19. The Labute approximate surface area is 166 Å². The summed E-state index contributed by atoms with van der Waals surface area (Å²) in [4.78, 5) is 11.3. The van der Waals surface area contributed by atoms with Crippen molar-refractivity contribution >= 4 is 28.6 Å². The smallest absolute Gasteiger partial charge is 0.335 e. The largest absolute Gasteiger partial charge is 0.478 e. The Bertz CT molecular complexity index is 984. The minimum Gasteiger partial charge on any atom is -0.478 e. The number of aryl methyl sites for hydroxylation is 3. The van der Waals surface area contributed by atoms with Crippen molar-refractivity contribution in [3.05, 3.63) is 95.1 Å². The molecule has 0 amide bonds. The van der Waals surface area contributed by atoms with Crippen molar-refractivity contribution in [3.8, 4) is 0 Å². The topological polar surface area (TPSA) is 77.8 Å². The first-order valence-electron chi connectivity index (χ1n) is 8.83. The van der Waals surface area contributed by atoms with Crippen molar-refractivity contribution < 1.29 is 18.7 Å². The first-order chi connectivity index (χ1) is 13.5. The minimum atomic E-state index is -2.19. The fraction of sp³-hybridized carbons (Fsp3) is 0.136. The summed E-state index contributed by atoms with van der Waals surface area (Å²) in [5, 5.41) is 9.28. The normalized spacial score (nSPS) is 11.8. The van der Waals surface area contributed by atoms with Gasteiger partial charge in [0.1, 0.15) is 0 Å². The lowest BCUT2D eigenvalue weighted by atomic mass is 10.00. The highest BCUT2D eigenvalue weighted by Gasteiger charge is 2.15. The zero-order chi connectivity index (χ0) is 20.1. The summed E-state index contributed by atoms with van der Waals surface area (Å²) in [6.45, 7) is 1.96. The molecule has 144 valence electrons. The summed E-state index contributed by atoms with van der Waals surface area (Å²) < 4.78 is 22.9. The molecule has 3 aromatic rings. The molecule has 0 saturated carbocycles. The van der Waals surface area contributed by atoms with Crippen LogP contribution >= 0.6 is 0 Å². The Balaban J connectivity index is 1.76. The monoisotopic (exact) mass is 395 g/mol. The number of anilines is 2. The Hall–Kier alpha value is -2.96. The lowest BCUT2D eigenvalue weighted by Gasteiger charge is -2.20. The fourth-order valence-electron chi connectivity index (χ4n) is 3.03. The molecule has 3 aromatic carbocycles. The van der Waals surface area contributed by atoms with E-state index in [1.165, 1.54) is 4.31 Å². The maximum atomic E-state index is 11.9. The number of carboxylic acid groups (broad SMARTS) is 1. The third-order valence-electron chi connectivity index (χ3n) is 4.53. The van der Waals surface area contributed by atoms with Gasteiger partial charge in [-0.3, -0.25) is 4.55 Å². The molecule has 0 radical (unpaired) electrons. The maximum Gasteiger partial charge on any atom is 0.335 e. The van der Waals surface area contributed by atoms with E-state index in [0.717, 1.165) is 16.7 Å². The lowest BCUT2D eigenvalue weighted by molar-refractivity contribution is 0.0695. The van der Waals surface area contributed by atoms with Gasteiger partial charge >= 0.3 is 5.97 Å². The van der Waals surface area contributed by atoms with Crippen molar-refractivity contribution in [3.63, 3.8) is 0 Å². The maximum absolute atomic E-state index is 11.9. The van der Waals surface area contributed by atoms with Crippen LogP contribution in [0.4, 0.5) is 11.4 Å². The van der Waals surface area contributed by atoms with Gasteiger partial charge in [0.15, 0.2) is 0 Å². The molecule has 0 fully saturated rings. The third kappa shape index (κ3) is 4.65. The number of nitrogens with zero attached hydrogens (tertiary/aromatic N) is 1. The molecule has 5 nitrogen and oxygen atoms in total. The average Bonchev–Trinajstić information content (AvgIpc) is 2.69. The molecule has 0 aliphatic heterocycles. The molecule has 0 bridgehead atoms. The van der Waals surface area contributed by atoms with Crippen LogP contribution in [0.3, 0.4) is 0 Å². The first kappa shape index (κ1) is 19.8. The molecule has 0 heterocycles. The molecule has 1 unspecified atom stereocenters. The van der Waals surface area contributed by atoms with E-state index in [0.29, 0.717) is 29.8 Å². The van der Waals surface area contributed by atoms with E-state index in [9.17, 15) is 18.7 Å². The van der Waals surface area contributed by atoms with Gasteiger partial charge in [-0.05, 0) is 61.2 Å². The molecule has 28 heavy (non-hydrogen) atoms. The van der Waals surface area contributed by atoms with Gasteiger partial charge in [-0.25, -0.2) is 13.3 Å². The molecule has 0 aliphatic rings. The van der Waals surface area contributed by atoms with Crippen LogP contribution in [0.1, 0.15) is 27.0 Å². The highest BCUT2D eigenvalue weighted by Crippen LogP contribution is 2.27. The van der Waals surface area contributed by atoms with Crippen molar-refractivity contribution in [2.45, 2.75) is 19.8 Å². The SMILES string of the molecule is Cc1ccc(N(c2ccc(CCc3ccccc3C(=O)O)cc2)S(=O)O)cc1. The molecule has 1 atom stereocenters. The molecule has 3 rings (SSSR count). The van der Waals surface area contributed by atoms with E-state index in [4.69, 9.17) is 0 Å². The quantitative estimate of drug-likeness (QED) is 0.566. The van der Waals surface area contributed by atoms with E-state index < -0.39 is 17.2 Å². The van der Waals surface area contributed by atoms with E-state index in [-0.39, 0.29) is 0 Å². The molecular formula is C22H21NO4S. The minimum absolute atomic E-state index is 0.320. The molecule has 0 spiro atoms. The Kier molecular flexibility index (Phi) is 6.23. The molecule has 0 saturated heterocycles. The number of benzene rings is 3. The summed E-state index contributed by atoms with van der Waals surface area (Å²) in [6, 6.07) is 21.8. The first-order valence-corrected chi connectivity index (χ1v) is 9.90. The number of hydrogen-bond acceptors (Lipinski definition) is 2. The Morgan fingerprint density at radius 1 is 0.893 bits per heavy atom. The van der Waals surface area contributed by atoms with Crippen molar-refractivity contribution in [1.82, 2.24) is 0 Å². The standard InChI is InChI=1S/C22H21NO4S/c1-16-6-12-19(13-7-16)23(28(26)27)20-14-9-17(10-15-20)8-11-18-4-2-3-5-21(18)22(24)25/h2-7,9-10,12-15H,8,11H2,1H3,(H,24,25)(H,26,27). The average molecular weight is 395 g/mol. The van der Waals surface area contributed by atoms with Crippen molar-refractivity contribution in [2.24, 2.45) is 0 Å². The fourth-order valence-corrected chi connectivity index (χ4v) is 3.64. The van der Waals surface area contributed by atoms with Gasteiger partial charge in [0, 0.05) is 0 Å². The van der Waals surface area contributed by atoms with Crippen LogP contribution in [0, 0.1) is 6.92 Å². The van der Waals surface area contributed by atoms with Crippen molar-refractivity contribution in [2.75, 3.05) is 4.31 Å². The zero-order valence-electron chi connectivity index (χ0n) is 15.4. The molecular weight excluding hydrogens is 374 g/mol. The zero-order valence-corrected chi connectivity index (χ0v) is 16.2. The number of carboxylic acids is 1. The highest BCUT2D eigenvalue weighted by atomic mass is 32.2. The second-order valence-corrected chi connectivity index (χ2v) is 7.32. The van der Waals surface area contributed by atoms with Crippen molar-refractivity contribution in [1.29, 1.82) is 0 Å². The van der Waals surface area contributed by atoms with E-state index >= 15 is 0 Å². The summed E-state index contributed by atoms with van der Waals surface area (Å²) in [5.74, 6) is -0.926. The summed E-state index contributed by atoms with van der Waals surface area (Å²) >= 11 is -2.19. The van der Waals surface area contributed by atoms with Gasteiger partial charge in [0.05, 0.1) is 16.9 Å². The Morgan fingerprint density at radius 3 is 2.04 bits per heavy atom. The number of rotatable bonds is 7. The highest BCUT2D eigenvalue weighted by molar-refractivity contribution is 7.81. The van der Waals surface area contributed by atoms with E-state index in [1.54, 1.807) is 36.4 Å². The Morgan fingerprint density at radius 2 is 1.46 bits per heavy atom. The predicted molar refractivity (Wildman–Crippen MR) is 111 cm³/mol. The van der Waals surface area contributed by atoms with Crippen LogP contribution in [-0.4, -0.2) is 19.8 Å². The summed E-state index contributed by atoms with van der Waals surface area (Å²) in [5.41, 5.74) is 4.45. The number of aromatic carboxylic acids is 1. The summed E-state index contributed by atoms with van der Waals surface area (Å²) in [7, 11) is 0. The second kappa shape index (κ2) is 8.82. The molecule has 2 N–H and O–H groups in total. The number of carbonyl (C=O) groups is 1. The number of hydrogen-bond donors (Lipinski definition) is 2. The van der Waals surface area contributed by atoms with Gasteiger partial charge in [-0.1, -0.05) is 48.0 Å². The third-order valence-corrected chi connectivity index (χ3v) is 5.26. The van der Waals surface area contributed by atoms with Crippen LogP contribution in [0.2, 0.25) is 0 Å². The molecule has 0 aromatic heterocycles. The van der Waals surface area contributed by atoms with Crippen LogP contribution in [-0.2, 0) is 24.1 Å². The van der Waals surface area contributed by atoms with Gasteiger partial charge in [0.25, 0.3) is 11.3 Å². The van der Waals surface area contributed by atoms with Crippen LogP contribution < -0.4 is 4.31 Å². The van der Waals surface area contributed by atoms with Gasteiger partial charge < -0.3 is 5.11 Å². The summed E-state index contributed by atoms with van der Waals surface area (Å²) in [6.07, 6.45) is 1.28. The van der Waals surface area contributed by atoms with Gasteiger partial charge in [-0.2, -0.15) is 0 Å². The molecule has 0 aliphatic carbocycles. The van der Waals surface area contributed by atoms with Gasteiger partial charge in [0.2, 0.25) is 0 Å². The predicted octanol–water partition coefficient (Wildman–Crippen LogP) is 4.75.